The Morgan fingerprint density at radius 3 is 2.74 bits per heavy atom. The van der Waals surface area contributed by atoms with E-state index in [9.17, 15) is 14.9 Å². The minimum Gasteiger partial charge on any atom is -0.436 e. The molecule has 0 unspecified atom stereocenters. The molecule has 0 saturated heterocycles. The zero-order valence-corrected chi connectivity index (χ0v) is 13.8. The number of nitrogens with zero attached hydrogens (tertiary/aromatic N) is 3. The Morgan fingerprint density at radius 2 is 1.96 bits per heavy atom. The number of pyridine rings is 1. The summed E-state index contributed by atoms with van der Waals surface area (Å²) in [6, 6.07) is 14.4. The summed E-state index contributed by atoms with van der Waals surface area (Å²) in [5, 5.41) is 13.7. The second-order valence-electron chi connectivity index (χ2n) is 5.67. The monoisotopic (exact) mass is 360 g/mol. The third-order valence-corrected chi connectivity index (χ3v) is 3.90. The van der Waals surface area contributed by atoms with Crippen LogP contribution in [0.5, 0.6) is 0 Å². The van der Waals surface area contributed by atoms with Gasteiger partial charge >= 0.3 is 0 Å². The van der Waals surface area contributed by atoms with Gasteiger partial charge in [-0.3, -0.25) is 19.9 Å². The van der Waals surface area contributed by atoms with Crippen molar-refractivity contribution in [1.29, 1.82) is 0 Å². The lowest BCUT2D eigenvalue weighted by Crippen LogP contribution is -2.13. The summed E-state index contributed by atoms with van der Waals surface area (Å²) in [5.74, 6) is -0.155. The number of benzene rings is 2. The lowest BCUT2D eigenvalue weighted by atomic mass is 10.1. The van der Waals surface area contributed by atoms with Gasteiger partial charge < -0.3 is 9.73 Å². The number of nitro groups is 1. The Kier molecular flexibility index (Phi) is 4.06. The molecule has 0 fully saturated rings. The number of aromatic nitrogens is 2. The van der Waals surface area contributed by atoms with Crippen LogP contribution in [0.4, 0.5) is 11.4 Å². The molecule has 0 aliphatic carbocycles. The number of amides is 1. The van der Waals surface area contributed by atoms with Gasteiger partial charge in [-0.2, -0.15) is 0 Å². The van der Waals surface area contributed by atoms with E-state index in [1.54, 1.807) is 42.7 Å². The Balaban J connectivity index is 1.63. The topological polar surface area (TPSA) is 111 Å². The quantitative estimate of drug-likeness (QED) is 0.434. The van der Waals surface area contributed by atoms with Crippen LogP contribution < -0.4 is 5.32 Å². The number of fused-ring (bicyclic) bond motifs is 1. The Labute approximate surface area is 152 Å². The van der Waals surface area contributed by atoms with Gasteiger partial charge in [0.1, 0.15) is 11.1 Å². The van der Waals surface area contributed by atoms with Crippen LogP contribution in [-0.2, 0) is 0 Å². The van der Waals surface area contributed by atoms with Gasteiger partial charge in [0, 0.05) is 24.1 Å². The number of nitrogens with one attached hydrogen (secondary N) is 1. The van der Waals surface area contributed by atoms with Crippen molar-refractivity contribution < 1.29 is 14.1 Å². The summed E-state index contributed by atoms with van der Waals surface area (Å²) in [6.45, 7) is 0. The molecule has 2 aromatic carbocycles. The molecule has 8 heteroatoms. The number of carbonyl (C=O) groups is 1. The molecule has 4 aromatic rings. The molecule has 0 saturated carbocycles. The summed E-state index contributed by atoms with van der Waals surface area (Å²) in [6.07, 6.45) is 3.30. The molecule has 0 aliphatic heterocycles. The molecule has 0 aliphatic rings. The highest BCUT2D eigenvalue weighted by atomic mass is 16.6. The van der Waals surface area contributed by atoms with E-state index in [0.717, 1.165) is 5.56 Å². The van der Waals surface area contributed by atoms with Gasteiger partial charge in [0.25, 0.3) is 11.6 Å². The van der Waals surface area contributed by atoms with Crippen molar-refractivity contribution in [2.24, 2.45) is 0 Å². The molecule has 0 bridgehead atoms. The van der Waals surface area contributed by atoms with Crippen LogP contribution in [-0.4, -0.2) is 20.8 Å². The standard InChI is InChI=1S/C19H12N4O4/c24-18(14-5-1-2-6-16(14)23(25)26)21-13-7-8-17-15(10-13)22-19(27-17)12-4-3-9-20-11-12/h1-11H,(H,21,24). The number of rotatable bonds is 4. The lowest BCUT2D eigenvalue weighted by Gasteiger charge is -2.05. The fourth-order valence-corrected chi connectivity index (χ4v) is 2.64. The van der Waals surface area contributed by atoms with E-state index in [0.29, 0.717) is 22.7 Å². The summed E-state index contributed by atoms with van der Waals surface area (Å²) < 4.78 is 5.70. The predicted molar refractivity (Wildman–Crippen MR) is 98.3 cm³/mol. The molecule has 0 spiro atoms. The highest BCUT2D eigenvalue weighted by Gasteiger charge is 2.19. The highest BCUT2D eigenvalue weighted by molar-refractivity contribution is 6.07. The largest absolute Gasteiger partial charge is 0.436 e. The molecule has 2 aromatic heterocycles. The minimum atomic E-state index is -0.587. The lowest BCUT2D eigenvalue weighted by molar-refractivity contribution is -0.385. The van der Waals surface area contributed by atoms with Gasteiger partial charge in [0.15, 0.2) is 5.58 Å². The van der Waals surface area contributed by atoms with Crippen molar-refractivity contribution in [3.63, 3.8) is 0 Å². The highest BCUT2D eigenvalue weighted by Crippen LogP contribution is 2.26. The molecular weight excluding hydrogens is 348 g/mol. The number of hydrogen-bond acceptors (Lipinski definition) is 6. The van der Waals surface area contributed by atoms with Crippen molar-refractivity contribution in [2.75, 3.05) is 5.32 Å². The van der Waals surface area contributed by atoms with Crippen LogP contribution in [0.25, 0.3) is 22.6 Å². The maximum atomic E-state index is 12.4. The predicted octanol–water partition coefficient (Wildman–Crippen LogP) is 4.05. The first-order chi connectivity index (χ1) is 13.1. The maximum Gasteiger partial charge on any atom is 0.282 e. The zero-order valence-electron chi connectivity index (χ0n) is 13.8. The van der Waals surface area contributed by atoms with Gasteiger partial charge in [0.05, 0.1) is 10.5 Å². The van der Waals surface area contributed by atoms with Crippen molar-refractivity contribution in [3.8, 4) is 11.5 Å². The fraction of sp³-hybridized carbons (Fsp3) is 0. The van der Waals surface area contributed by atoms with Crippen molar-refractivity contribution in [1.82, 2.24) is 9.97 Å². The SMILES string of the molecule is O=C(Nc1ccc2oc(-c3cccnc3)nc2c1)c1ccccc1[N+](=O)[O-]. The number of carbonyl (C=O) groups excluding carboxylic acids is 1. The van der Waals surface area contributed by atoms with Crippen LogP contribution in [0.1, 0.15) is 10.4 Å². The van der Waals surface area contributed by atoms with Crippen LogP contribution in [0.2, 0.25) is 0 Å². The van der Waals surface area contributed by atoms with Crippen molar-refractivity contribution in [2.45, 2.75) is 0 Å². The number of oxazole rings is 1. The van der Waals surface area contributed by atoms with E-state index in [1.165, 1.54) is 18.2 Å². The number of hydrogen-bond donors (Lipinski definition) is 1. The van der Waals surface area contributed by atoms with E-state index in [-0.39, 0.29) is 11.3 Å². The van der Waals surface area contributed by atoms with Crippen LogP contribution in [0.3, 0.4) is 0 Å². The average Bonchev–Trinajstić information content (AvgIpc) is 3.12. The number of para-hydroxylation sites is 1. The van der Waals surface area contributed by atoms with E-state index in [2.05, 4.69) is 15.3 Å². The molecule has 27 heavy (non-hydrogen) atoms. The summed E-state index contributed by atoms with van der Waals surface area (Å²) in [5.41, 5.74) is 2.03. The normalized spacial score (nSPS) is 10.7. The van der Waals surface area contributed by atoms with E-state index < -0.39 is 10.8 Å². The second-order valence-corrected chi connectivity index (χ2v) is 5.67. The third-order valence-electron chi connectivity index (χ3n) is 3.90. The Bertz CT molecular complexity index is 1150. The van der Waals surface area contributed by atoms with Crippen LogP contribution in [0.15, 0.2) is 71.4 Å². The molecule has 2 heterocycles. The molecule has 8 nitrogen and oxygen atoms in total. The first-order valence-electron chi connectivity index (χ1n) is 7.97. The van der Waals surface area contributed by atoms with Crippen molar-refractivity contribution in [3.05, 3.63) is 82.7 Å². The molecule has 1 amide bonds. The average molecular weight is 360 g/mol. The molecule has 0 atom stereocenters. The van der Waals surface area contributed by atoms with Gasteiger partial charge in [-0.15, -0.1) is 0 Å². The number of nitro benzene ring substituents is 1. The fourth-order valence-electron chi connectivity index (χ4n) is 2.64. The number of anilines is 1. The van der Waals surface area contributed by atoms with Crippen LogP contribution >= 0.6 is 0 Å². The molecule has 1 N–H and O–H groups in total. The minimum absolute atomic E-state index is 0.0150. The van der Waals surface area contributed by atoms with E-state index in [1.807, 2.05) is 6.07 Å². The van der Waals surface area contributed by atoms with Crippen LogP contribution in [0, 0.1) is 10.1 Å². The summed E-state index contributed by atoms with van der Waals surface area (Å²) >= 11 is 0. The second kappa shape index (κ2) is 6.68. The van der Waals surface area contributed by atoms with Crippen molar-refractivity contribution >= 4 is 28.4 Å². The Hall–Kier alpha value is -4.07. The van der Waals surface area contributed by atoms with E-state index >= 15 is 0 Å². The van der Waals surface area contributed by atoms with E-state index in [4.69, 9.17) is 4.42 Å². The Morgan fingerprint density at radius 1 is 1.11 bits per heavy atom. The van der Waals surface area contributed by atoms with Gasteiger partial charge in [-0.05, 0) is 36.4 Å². The summed E-state index contributed by atoms with van der Waals surface area (Å²) in [4.78, 5) is 31.4. The maximum absolute atomic E-state index is 12.4. The molecule has 132 valence electrons. The first kappa shape index (κ1) is 16.4. The summed E-state index contributed by atoms with van der Waals surface area (Å²) in [7, 11) is 0. The third kappa shape index (κ3) is 3.23. The van der Waals surface area contributed by atoms with Gasteiger partial charge in [0.2, 0.25) is 5.89 Å². The molecule has 4 rings (SSSR count). The van der Waals surface area contributed by atoms with Gasteiger partial charge in [-0.25, -0.2) is 4.98 Å². The molecular formula is C19H12N4O4. The zero-order chi connectivity index (χ0) is 18.8. The first-order valence-corrected chi connectivity index (χ1v) is 7.97. The van der Waals surface area contributed by atoms with Gasteiger partial charge in [-0.1, -0.05) is 12.1 Å². The molecule has 0 radical (unpaired) electrons. The smallest absolute Gasteiger partial charge is 0.282 e.